The number of carbonyl (C=O) groups excluding carboxylic acids is 2. The Hall–Kier alpha value is -3.11. The van der Waals surface area contributed by atoms with Gasteiger partial charge in [-0.2, -0.15) is 0 Å². The second-order valence-corrected chi connectivity index (χ2v) is 9.21. The molecule has 2 amide bonds. The lowest BCUT2D eigenvalue weighted by Crippen LogP contribution is -2.52. The average Bonchev–Trinajstić information content (AvgIpc) is 2.84. The third kappa shape index (κ3) is 7.19. The number of halogens is 1. The van der Waals surface area contributed by atoms with E-state index in [1.54, 1.807) is 4.90 Å². The molecule has 0 aliphatic heterocycles. The molecule has 3 aromatic carbocycles. The second kappa shape index (κ2) is 12.4. The summed E-state index contributed by atoms with van der Waals surface area (Å²) < 4.78 is 0. The van der Waals surface area contributed by atoms with Crippen LogP contribution in [0.15, 0.2) is 78.9 Å². The summed E-state index contributed by atoms with van der Waals surface area (Å²) in [5.74, 6) is -0.258. The first-order valence-electron chi connectivity index (χ1n) is 11.8. The third-order valence-electron chi connectivity index (χ3n) is 6.05. The molecule has 0 radical (unpaired) electrons. The van der Waals surface area contributed by atoms with Crippen molar-refractivity contribution >= 4 is 23.4 Å². The number of carbonyl (C=O) groups is 2. The summed E-state index contributed by atoms with van der Waals surface area (Å²) in [5.41, 5.74) is 3.87. The largest absolute Gasteiger partial charge is 0.352 e. The van der Waals surface area contributed by atoms with Gasteiger partial charge in [0.15, 0.2) is 0 Å². The monoisotopic (exact) mass is 476 g/mol. The zero-order valence-corrected chi connectivity index (χ0v) is 20.9. The van der Waals surface area contributed by atoms with Crippen molar-refractivity contribution < 1.29 is 9.59 Å². The highest BCUT2D eigenvalue weighted by Gasteiger charge is 2.31. The van der Waals surface area contributed by atoms with Crippen molar-refractivity contribution in [1.29, 1.82) is 0 Å². The van der Waals surface area contributed by atoms with E-state index >= 15 is 0 Å². The molecule has 3 aromatic rings. The Bertz CT molecular complexity index is 1080. The van der Waals surface area contributed by atoms with Crippen molar-refractivity contribution in [3.8, 4) is 0 Å². The van der Waals surface area contributed by atoms with Crippen molar-refractivity contribution in [1.82, 2.24) is 10.2 Å². The lowest BCUT2D eigenvalue weighted by atomic mass is 10.0. The number of hydrogen-bond donors (Lipinski definition) is 1. The van der Waals surface area contributed by atoms with Crippen LogP contribution in [0.4, 0.5) is 0 Å². The first-order valence-corrected chi connectivity index (χ1v) is 12.2. The zero-order chi connectivity index (χ0) is 24.5. The number of benzene rings is 3. The number of hydrogen-bond acceptors (Lipinski definition) is 2. The zero-order valence-electron chi connectivity index (χ0n) is 20.1. The van der Waals surface area contributed by atoms with Crippen LogP contribution in [-0.4, -0.2) is 28.8 Å². The molecule has 0 saturated carbocycles. The molecular formula is C29H33ClN2O2. The molecule has 178 valence electrons. The maximum absolute atomic E-state index is 13.7. The number of nitrogens with zero attached hydrogens (tertiary/aromatic N) is 1. The first kappa shape index (κ1) is 25.5. The molecule has 5 heteroatoms. The Morgan fingerprint density at radius 2 is 1.56 bits per heavy atom. The van der Waals surface area contributed by atoms with Crippen LogP contribution in [0.1, 0.15) is 42.5 Å². The summed E-state index contributed by atoms with van der Waals surface area (Å²) in [6.45, 7) is 6.28. The molecule has 0 saturated heterocycles. The van der Waals surface area contributed by atoms with E-state index in [2.05, 4.69) is 5.32 Å². The quantitative estimate of drug-likeness (QED) is 0.405. The summed E-state index contributed by atoms with van der Waals surface area (Å²) in [6.07, 6.45) is 1.45. The van der Waals surface area contributed by atoms with Gasteiger partial charge in [0.05, 0.1) is 6.42 Å². The van der Waals surface area contributed by atoms with Gasteiger partial charge in [-0.3, -0.25) is 9.59 Å². The molecule has 3 rings (SSSR count). The van der Waals surface area contributed by atoms with Crippen LogP contribution in [0.5, 0.6) is 0 Å². The van der Waals surface area contributed by atoms with Gasteiger partial charge < -0.3 is 10.2 Å². The normalized spacial score (nSPS) is 12.6. The van der Waals surface area contributed by atoms with Gasteiger partial charge in [0.2, 0.25) is 11.8 Å². The Kier molecular flexibility index (Phi) is 9.29. The Balaban J connectivity index is 1.97. The highest BCUT2D eigenvalue weighted by molar-refractivity contribution is 6.31. The van der Waals surface area contributed by atoms with Gasteiger partial charge in [-0.05, 0) is 43.0 Å². The predicted molar refractivity (Wildman–Crippen MR) is 139 cm³/mol. The molecule has 0 unspecified atom stereocenters. The molecule has 0 heterocycles. The van der Waals surface area contributed by atoms with Crippen LogP contribution >= 0.6 is 11.6 Å². The second-order valence-electron chi connectivity index (χ2n) is 8.80. The molecule has 0 spiro atoms. The van der Waals surface area contributed by atoms with Gasteiger partial charge >= 0.3 is 0 Å². The average molecular weight is 477 g/mol. The molecule has 34 heavy (non-hydrogen) atoms. The molecule has 0 aromatic heterocycles. The van der Waals surface area contributed by atoms with Crippen molar-refractivity contribution in [2.45, 2.75) is 58.7 Å². The minimum atomic E-state index is -0.661. The van der Waals surface area contributed by atoms with Crippen molar-refractivity contribution in [2.75, 3.05) is 0 Å². The predicted octanol–water partition coefficient (Wildman–Crippen LogP) is 5.75. The lowest BCUT2D eigenvalue weighted by molar-refractivity contribution is -0.141. The number of nitrogens with one attached hydrogen (secondary N) is 1. The van der Waals surface area contributed by atoms with Gasteiger partial charge in [-0.25, -0.2) is 0 Å². The van der Waals surface area contributed by atoms with E-state index in [-0.39, 0.29) is 30.8 Å². The van der Waals surface area contributed by atoms with E-state index in [9.17, 15) is 9.59 Å². The maximum Gasteiger partial charge on any atom is 0.243 e. The number of rotatable bonds is 10. The summed E-state index contributed by atoms with van der Waals surface area (Å²) in [4.78, 5) is 28.9. The Morgan fingerprint density at radius 1 is 0.912 bits per heavy atom. The molecule has 0 aliphatic carbocycles. The molecule has 0 aliphatic rings. The van der Waals surface area contributed by atoms with E-state index in [1.807, 2.05) is 99.6 Å². The highest BCUT2D eigenvalue weighted by atomic mass is 35.5. The first-order chi connectivity index (χ1) is 16.4. The van der Waals surface area contributed by atoms with Gasteiger partial charge in [0, 0.05) is 24.0 Å². The van der Waals surface area contributed by atoms with Crippen LogP contribution in [0.25, 0.3) is 0 Å². The Labute approximate surface area is 207 Å². The van der Waals surface area contributed by atoms with E-state index in [0.29, 0.717) is 11.4 Å². The lowest BCUT2D eigenvalue weighted by Gasteiger charge is -2.32. The van der Waals surface area contributed by atoms with E-state index in [4.69, 9.17) is 11.6 Å². The fraction of sp³-hybridized carbons (Fsp3) is 0.310. The van der Waals surface area contributed by atoms with E-state index < -0.39 is 6.04 Å². The fourth-order valence-corrected chi connectivity index (χ4v) is 3.98. The fourth-order valence-electron chi connectivity index (χ4n) is 3.79. The van der Waals surface area contributed by atoms with E-state index in [1.165, 1.54) is 0 Å². The van der Waals surface area contributed by atoms with Crippen LogP contribution in [0, 0.1) is 6.92 Å². The number of aryl methyl sites for hydroxylation is 1. The van der Waals surface area contributed by atoms with Gasteiger partial charge in [0.1, 0.15) is 6.04 Å². The SMILES string of the molecule is CC[C@@H](C)NC(=O)[C@@H](Cc1ccccc1)N(Cc1ccccc1Cl)C(=O)Cc1ccc(C)cc1. The minimum absolute atomic E-state index is 0.0140. The van der Waals surface area contributed by atoms with Gasteiger partial charge in [0.25, 0.3) is 0 Å². The molecule has 1 N–H and O–H groups in total. The van der Waals surface area contributed by atoms with Crippen LogP contribution in [-0.2, 0) is 29.0 Å². The van der Waals surface area contributed by atoms with Gasteiger partial charge in [-0.1, -0.05) is 96.9 Å². The minimum Gasteiger partial charge on any atom is -0.352 e. The number of amides is 2. The smallest absolute Gasteiger partial charge is 0.243 e. The summed E-state index contributed by atoms with van der Waals surface area (Å²) in [7, 11) is 0. The summed E-state index contributed by atoms with van der Waals surface area (Å²) in [6, 6.07) is 24.6. The standard InChI is InChI=1S/C29H33ClN2O2/c1-4-22(3)31-29(34)27(18-23-10-6-5-7-11-23)32(20-25-12-8-9-13-26(25)30)28(33)19-24-16-14-21(2)15-17-24/h5-17,22,27H,4,18-20H2,1-3H3,(H,31,34)/t22-,27-/m1/s1. The van der Waals surface area contributed by atoms with E-state index in [0.717, 1.165) is 28.7 Å². The third-order valence-corrected chi connectivity index (χ3v) is 6.42. The van der Waals surface area contributed by atoms with Crippen molar-refractivity contribution in [3.05, 3.63) is 106 Å². The molecule has 0 bridgehead atoms. The highest BCUT2D eigenvalue weighted by Crippen LogP contribution is 2.21. The van der Waals surface area contributed by atoms with Crippen molar-refractivity contribution in [3.63, 3.8) is 0 Å². The van der Waals surface area contributed by atoms with Crippen LogP contribution in [0.2, 0.25) is 5.02 Å². The summed E-state index contributed by atoms with van der Waals surface area (Å²) >= 11 is 6.46. The van der Waals surface area contributed by atoms with Crippen molar-refractivity contribution in [2.24, 2.45) is 0 Å². The maximum atomic E-state index is 13.7. The Morgan fingerprint density at radius 3 is 2.21 bits per heavy atom. The molecular weight excluding hydrogens is 444 g/mol. The van der Waals surface area contributed by atoms with Crippen LogP contribution < -0.4 is 5.32 Å². The topological polar surface area (TPSA) is 49.4 Å². The van der Waals surface area contributed by atoms with Crippen LogP contribution in [0.3, 0.4) is 0 Å². The molecule has 4 nitrogen and oxygen atoms in total. The molecule has 2 atom stereocenters. The molecule has 0 fully saturated rings. The summed E-state index contributed by atoms with van der Waals surface area (Å²) in [5, 5.41) is 3.67. The van der Waals surface area contributed by atoms with Gasteiger partial charge in [-0.15, -0.1) is 0 Å².